The monoisotopic (exact) mass is 386 g/mol. The van der Waals surface area contributed by atoms with Gasteiger partial charge in [-0.15, -0.1) is 0 Å². The van der Waals surface area contributed by atoms with Crippen LogP contribution in [0.5, 0.6) is 17.2 Å². The molecule has 0 saturated heterocycles. The van der Waals surface area contributed by atoms with Crippen molar-refractivity contribution in [1.29, 1.82) is 0 Å². The molecule has 0 heterocycles. The van der Waals surface area contributed by atoms with Crippen LogP contribution in [-0.4, -0.2) is 46.5 Å². The molecule has 0 unspecified atom stereocenters. The third-order valence-electron chi connectivity index (χ3n) is 4.23. The van der Waals surface area contributed by atoms with Gasteiger partial charge in [0.2, 0.25) is 5.75 Å². The third-order valence-corrected chi connectivity index (χ3v) is 6.52. The number of hydrogen-bond acceptors (Lipinski definition) is 6. The quantitative estimate of drug-likeness (QED) is 0.513. The molecule has 148 valence electrons. The van der Waals surface area contributed by atoms with E-state index in [9.17, 15) is 13.2 Å². The molecule has 6 nitrogen and oxygen atoms in total. The second-order valence-electron chi connectivity index (χ2n) is 6.48. The molecule has 0 aliphatic heterocycles. The van der Waals surface area contributed by atoms with Crippen molar-refractivity contribution in [3.05, 3.63) is 17.7 Å². The smallest absolute Gasteiger partial charge is 0.203 e. The van der Waals surface area contributed by atoms with Crippen LogP contribution in [-0.2, 0) is 21.1 Å². The van der Waals surface area contributed by atoms with Gasteiger partial charge in [-0.05, 0) is 44.4 Å². The molecule has 1 aromatic rings. The van der Waals surface area contributed by atoms with Crippen molar-refractivity contribution in [1.82, 2.24) is 0 Å². The Labute approximate surface area is 156 Å². The summed E-state index contributed by atoms with van der Waals surface area (Å²) in [6.45, 7) is 3.38. The third kappa shape index (κ3) is 6.52. The summed E-state index contributed by atoms with van der Waals surface area (Å²) in [5.74, 6) is 1.83. The van der Waals surface area contributed by atoms with E-state index in [-0.39, 0.29) is 23.2 Å². The van der Waals surface area contributed by atoms with Crippen molar-refractivity contribution < 1.29 is 27.4 Å². The molecular weight excluding hydrogens is 356 g/mol. The number of rotatable bonds is 12. The maximum atomic E-state index is 12.2. The zero-order valence-corrected chi connectivity index (χ0v) is 17.1. The zero-order valence-electron chi connectivity index (χ0n) is 16.3. The summed E-state index contributed by atoms with van der Waals surface area (Å²) in [6, 6.07) is 3.54. The number of sulfone groups is 1. The van der Waals surface area contributed by atoms with Gasteiger partial charge < -0.3 is 14.2 Å². The highest BCUT2D eigenvalue weighted by molar-refractivity contribution is 7.91. The average Bonchev–Trinajstić information content (AvgIpc) is 2.60. The van der Waals surface area contributed by atoms with Crippen molar-refractivity contribution >= 4 is 15.6 Å². The largest absolute Gasteiger partial charge is 0.493 e. The molecular formula is C19H30O6S. The Morgan fingerprint density at radius 2 is 1.54 bits per heavy atom. The molecule has 0 saturated carbocycles. The van der Waals surface area contributed by atoms with E-state index in [1.807, 2.05) is 0 Å². The minimum atomic E-state index is -2.99. The van der Waals surface area contributed by atoms with Crippen molar-refractivity contribution in [3.8, 4) is 17.2 Å². The Morgan fingerprint density at radius 1 is 0.962 bits per heavy atom. The summed E-state index contributed by atoms with van der Waals surface area (Å²) in [4.78, 5) is 12.2. The number of benzene rings is 1. The second-order valence-corrected chi connectivity index (χ2v) is 9.15. The highest BCUT2D eigenvalue weighted by Gasteiger charge is 2.16. The Balaban J connectivity index is 2.53. The van der Waals surface area contributed by atoms with Crippen LogP contribution in [0.15, 0.2) is 12.1 Å². The van der Waals surface area contributed by atoms with Crippen LogP contribution in [0.25, 0.3) is 0 Å². The molecule has 0 aliphatic rings. The number of carbonyl (C=O) groups excluding carboxylic acids is 1. The van der Waals surface area contributed by atoms with Gasteiger partial charge in [0.05, 0.1) is 32.3 Å². The normalized spacial score (nSPS) is 11.5. The fraction of sp³-hybridized carbons (Fsp3) is 0.632. The maximum Gasteiger partial charge on any atom is 0.203 e. The van der Waals surface area contributed by atoms with E-state index in [1.54, 1.807) is 26.0 Å². The van der Waals surface area contributed by atoms with E-state index in [0.29, 0.717) is 36.5 Å². The van der Waals surface area contributed by atoms with Gasteiger partial charge in [-0.3, -0.25) is 4.79 Å². The first kappa shape index (κ1) is 22.3. The van der Waals surface area contributed by atoms with Crippen molar-refractivity contribution in [3.63, 3.8) is 0 Å². The van der Waals surface area contributed by atoms with Crippen molar-refractivity contribution in [2.75, 3.05) is 27.1 Å². The maximum absolute atomic E-state index is 12.2. The number of Topliss-reactive ketones (excluding diaryl/α,β-unsaturated/α-hetero) is 1. The fourth-order valence-corrected chi connectivity index (χ4v) is 3.67. The van der Waals surface area contributed by atoms with Crippen molar-refractivity contribution in [2.45, 2.75) is 51.2 Å². The second kappa shape index (κ2) is 10.4. The topological polar surface area (TPSA) is 78.9 Å². The van der Waals surface area contributed by atoms with Gasteiger partial charge in [0.1, 0.15) is 5.78 Å². The van der Waals surface area contributed by atoms with Gasteiger partial charge in [0.15, 0.2) is 21.3 Å². The molecule has 0 fully saturated rings. The first-order valence-electron chi connectivity index (χ1n) is 8.77. The molecule has 26 heavy (non-hydrogen) atoms. The van der Waals surface area contributed by atoms with Gasteiger partial charge in [0, 0.05) is 12.8 Å². The highest BCUT2D eigenvalue weighted by atomic mass is 32.2. The van der Waals surface area contributed by atoms with Crippen LogP contribution in [0.2, 0.25) is 0 Å². The molecule has 1 aromatic carbocycles. The number of methoxy groups -OCH3 is 3. The Bertz CT molecular complexity index is 669. The summed E-state index contributed by atoms with van der Waals surface area (Å²) in [7, 11) is 1.61. The highest BCUT2D eigenvalue weighted by Crippen LogP contribution is 2.38. The number of ether oxygens (including phenoxy) is 3. The van der Waals surface area contributed by atoms with Crippen LogP contribution in [0, 0.1) is 0 Å². The Kier molecular flexibility index (Phi) is 8.92. The van der Waals surface area contributed by atoms with E-state index in [0.717, 1.165) is 12.0 Å². The lowest BCUT2D eigenvalue weighted by atomic mass is 10.0. The molecule has 7 heteroatoms. The average molecular weight is 387 g/mol. The van der Waals surface area contributed by atoms with Gasteiger partial charge in [0.25, 0.3) is 0 Å². The van der Waals surface area contributed by atoms with Crippen molar-refractivity contribution in [2.24, 2.45) is 0 Å². The van der Waals surface area contributed by atoms with E-state index in [4.69, 9.17) is 14.2 Å². The zero-order chi connectivity index (χ0) is 19.7. The number of hydrogen-bond donors (Lipinski definition) is 0. The van der Waals surface area contributed by atoms with Gasteiger partial charge in [-0.2, -0.15) is 0 Å². The standard InChI is InChI=1S/C19H30O6S/c1-14(2)26(21,22)10-8-6-7-9-16(20)11-15-12-17(23-3)19(25-5)18(13-15)24-4/h12-14H,6-11H2,1-5H3. The molecule has 0 aliphatic carbocycles. The molecule has 0 amide bonds. The Morgan fingerprint density at radius 3 is 2.00 bits per heavy atom. The SMILES string of the molecule is COc1cc(CC(=O)CCCCCS(=O)(=O)C(C)C)cc(OC)c1OC. The number of ketones is 1. The number of carbonyl (C=O) groups is 1. The molecule has 0 atom stereocenters. The Hall–Kier alpha value is -1.76. The first-order chi connectivity index (χ1) is 12.2. The predicted octanol–water partition coefficient (Wildman–Crippen LogP) is 3.21. The van der Waals surface area contributed by atoms with Crippen LogP contribution in [0.1, 0.15) is 45.1 Å². The first-order valence-corrected chi connectivity index (χ1v) is 10.5. The minimum Gasteiger partial charge on any atom is -0.493 e. The number of unbranched alkanes of at least 4 members (excludes halogenated alkanes) is 2. The predicted molar refractivity (Wildman–Crippen MR) is 102 cm³/mol. The van der Waals surface area contributed by atoms with E-state index < -0.39 is 9.84 Å². The lowest BCUT2D eigenvalue weighted by Crippen LogP contribution is -2.17. The summed E-state index contributed by atoms with van der Waals surface area (Å²) in [5, 5.41) is -0.343. The lowest BCUT2D eigenvalue weighted by Gasteiger charge is -2.14. The van der Waals surface area contributed by atoms with E-state index in [2.05, 4.69) is 0 Å². The summed E-state index contributed by atoms with van der Waals surface area (Å²) in [6.07, 6.45) is 2.72. The van der Waals surface area contributed by atoms with Crippen LogP contribution in [0.3, 0.4) is 0 Å². The van der Waals surface area contributed by atoms with Crippen LogP contribution in [0.4, 0.5) is 0 Å². The van der Waals surface area contributed by atoms with E-state index in [1.165, 1.54) is 21.3 Å². The van der Waals surface area contributed by atoms with Gasteiger partial charge >= 0.3 is 0 Å². The summed E-state index contributed by atoms with van der Waals surface area (Å²) in [5.41, 5.74) is 0.798. The summed E-state index contributed by atoms with van der Waals surface area (Å²) < 4.78 is 39.3. The van der Waals surface area contributed by atoms with Crippen LogP contribution < -0.4 is 14.2 Å². The molecule has 1 rings (SSSR count). The lowest BCUT2D eigenvalue weighted by molar-refractivity contribution is -0.118. The molecule has 0 spiro atoms. The van der Waals surface area contributed by atoms with E-state index >= 15 is 0 Å². The van der Waals surface area contributed by atoms with Gasteiger partial charge in [-0.25, -0.2) is 8.42 Å². The van der Waals surface area contributed by atoms with Gasteiger partial charge in [-0.1, -0.05) is 6.42 Å². The molecule has 0 bridgehead atoms. The minimum absolute atomic E-state index is 0.103. The molecule has 0 aromatic heterocycles. The summed E-state index contributed by atoms with van der Waals surface area (Å²) >= 11 is 0. The fourth-order valence-electron chi connectivity index (χ4n) is 2.59. The molecule has 0 N–H and O–H groups in total. The molecule has 0 radical (unpaired) electrons. The van der Waals surface area contributed by atoms with Crippen LogP contribution >= 0.6 is 0 Å².